The lowest BCUT2D eigenvalue weighted by molar-refractivity contribution is -0.138. The van der Waals surface area contributed by atoms with Gasteiger partial charge in [-0.3, -0.25) is 9.59 Å². The van der Waals surface area contributed by atoms with Gasteiger partial charge in [-0.1, -0.05) is 26.0 Å². The van der Waals surface area contributed by atoms with E-state index < -0.39 is 77.0 Å². The number of rotatable bonds is 5. The number of hydrogen-bond donors (Lipinski definition) is 1. The molecule has 3 aromatic rings. The quantitative estimate of drug-likeness (QED) is 0.378. The van der Waals surface area contributed by atoms with Crippen LogP contribution in [-0.4, -0.2) is 11.8 Å². The van der Waals surface area contributed by atoms with Crippen LogP contribution in [0.1, 0.15) is 52.4 Å². The van der Waals surface area contributed by atoms with Gasteiger partial charge >= 0.3 is 6.18 Å². The van der Waals surface area contributed by atoms with E-state index >= 15 is 0 Å². The number of halogens is 7. The smallest absolute Gasteiger partial charge is 0.348 e. The van der Waals surface area contributed by atoms with Gasteiger partial charge in [0.05, 0.1) is 12.1 Å². The van der Waals surface area contributed by atoms with Crippen molar-refractivity contribution in [1.29, 1.82) is 0 Å². The molecule has 38 heavy (non-hydrogen) atoms. The molecule has 3 aromatic carbocycles. The van der Waals surface area contributed by atoms with E-state index in [1.807, 2.05) is 0 Å². The van der Waals surface area contributed by atoms with Gasteiger partial charge < -0.3 is 10.2 Å². The van der Waals surface area contributed by atoms with Gasteiger partial charge in [-0.05, 0) is 35.7 Å². The first-order valence-corrected chi connectivity index (χ1v) is 11.5. The molecule has 4 rings (SSSR count). The van der Waals surface area contributed by atoms with Crippen LogP contribution in [0.15, 0.2) is 48.5 Å². The molecule has 1 unspecified atom stereocenters. The van der Waals surface area contributed by atoms with E-state index in [0.717, 1.165) is 23.1 Å². The minimum atomic E-state index is -4.87. The summed E-state index contributed by atoms with van der Waals surface area (Å²) >= 11 is 0. The van der Waals surface area contributed by atoms with Gasteiger partial charge in [-0.2, -0.15) is 13.2 Å². The normalized spacial score (nSPS) is 17.4. The summed E-state index contributed by atoms with van der Waals surface area (Å²) in [6.45, 7) is 1.99. The molecule has 1 heterocycles. The maximum atomic E-state index is 14.6. The molecule has 0 bridgehead atoms. The molecule has 2 atom stereocenters. The largest absolute Gasteiger partial charge is 0.416 e. The van der Waals surface area contributed by atoms with Crippen LogP contribution in [-0.2, 0) is 24.1 Å². The van der Waals surface area contributed by atoms with Crippen molar-refractivity contribution in [2.75, 3.05) is 4.90 Å². The third kappa shape index (κ3) is 5.09. The molecule has 0 radical (unpaired) electrons. The zero-order valence-electron chi connectivity index (χ0n) is 20.1. The zero-order valence-corrected chi connectivity index (χ0v) is 20.1. The summed E-state index contributed by atoms with van der Waals surface area (Å²) in [6, 6.07) is 7.62. The molecule has 4 nitrogen and oxygen atoms in total. The predicted molar refractivity (Wildman–Crippen MR) is 124 cm³/mol. The van der Waals surface area contributed by atoms with E-state index in [1.54, 1.807) is 13.8 Å². The van der Waals surface area contributed by atoms with Gasteiger partial charge in [0.25, 0.3) is 5.91 Å². The molecular formula is C27H21F7N2O2. The molecule has 0 saturated heterocycles. The summed E-state index contributed by atoms with van der Waals surface area (Å²) in [6.07, 6.45) is -4.87. The van der Waals surface area contributed by atoms with Crippen molar-refractivity contribution in [2.45, 2.75) is 39.0 Å². The van der Waals surface area contributed by atoms with Crippen LogP contribution >= 0.6 is 0 Å². The van der Waals surface area contributed by atoms with Crippen molar-refractivity contribution in [2.24, 2.45) is 5.92 Å². The lowest BCUT2D eigenvalue weighted by atomic mass is 9.82. The second kappa shape index (κ2) is 10.1. The summed E-state index contributed by atoms with van der Waals surface area (Å²) < 4.78 is 96.4. The third-order valence-electron chi connectivity index (χ3n) is 6.75. The Morgan fingerprint density at radius 3 is 2.18 bits per heavy atom. The van der Waals surface area contributed by atoms with E-state index in [-0.39, 0.29) is 17.2 Å². The Labute approximate surface area is 213 Å². The van der Waals surface area contributed by atoms with Gasteiger partial charge in [0.1, 0.15) is 23.3 Å². The highest BCUT2D eigenvalue weighted by molar-refractivity contribution is 6.01. The van der Waals surface area contributed by atoms with Crippen molar-refractivity contribution in [3.05, 3.63) is 99.6 Å². The van der Waals surface area contributed by atoms with Crippen LogP contribution in [0.2, 0.25) is 0 Å². The predicted octanol–water partition coefficient (Wildman–Crippen LogP) is 6.48. The fourth-order valence-corrected chi connectivity index (χ4v) is 4.47. The Hall–Kier alpha value is -3.89. The highest BCUT2D eigenvalue weighted by Crippen LogP contribution is 2.42. The lowest BCUT2D eigenvalue weighted by Crippen LogP contribution is -2.42. The first-order chi connectivity index (χ1) is 17.8. The number of alkyl halides is 3. The number of benzene rings is 3. The first-order valence-electron chi connectivity index (χ1n) is 11.5. The average molecular weight is 538 g/mol. The van der Waals surface area contributed by atoms with Gasteiger partial charge in [0.2, 0.25) is 5.91 Å². The van der Waals surface area contributed by atoms with Crippen molar-refractivity contribution < 1.29 is 40.3 Å². The second-order valence-electron chi connectivity index (χ2n) is 9.07. The standard InChI is InChI=1S/C27H21F7N2O2/c1-13-14(2)26(38)36(12-19-20(27(32,33)34)4-3-5-21(19)29)24-8-15(6-7-17(13)24)25(37)35-11-18-22(30)9-16(28)10-23(18)31/h3-10,13-14H,11-12H2,1-2H3,(H,35,37)/t13-,14?/m1/s1. The van der Waals surface area contributed by atoms with Crippen LogP contribution in [0.4, 0.5) is 36.4 Å². The van der Waals surface area contributed by atoms with Gasteiger partial charge in [0, 0.05) is 47.0 Å². The molecule has 0 aliphatic carbocycles. The Balaban J connectivity index is 1.69. The number of amides is 2. The van der Waals surface area contributed by atoms with Crippen LogP contribution in [0.25, 0.3) is 0 Å². The average Bonchev–Trinajstić information content (AvgIpc) is 2.84. The maximum absolute atomic E-state index is 14.6. The summed E-state index contributed by atoms with van der Waals surface area (Å²) in [5, 5.41) is 2.30. The Bertz CT molecular complexity index is 1400. The summed E-state index contributed by atoms with van der Waals surface area (Å²) in [7, 11) is 0. The number of anilines is 1. The number of nitrogens with zero attached hydrogens (tertiary/aromatic N) is 1. The van der Waals surface area contributed by atoms with Crippen molar-refractivity contribution in [3.8, 4) is 0 Å². The summed E-state index contributed by atoms with van der Waals surface area (Å²) in [5.41, 5.74) is -1.92. The van der Waals surface area contributed by atoms with E-state index in [2.05, 4.69) is 5.32 Å². The summed E-state index contributed by atoms with van der Waals surface area (Å²) in [5.74, 6) is -7.04. The van der Waals surface area contributed by atoms with Crippen LogP contribution in [0.5, 0.6) is 0 Å². The van der Waals surface area contributed by atoms with Gasteiger partial charge in [0.15, 0.2) is 0 Å². The van der Waals surface area contributed by atoms with E-state index in [1.165, 1.54) is 18.2 Å². The number of carbonyl (C=O) groups excluding carboxylic acids is 2. The third-order valence-corrected chi connectivity index (χ3v) is 6.75. The number of hydrogen-bond acceptors (Lipinski definition) is 2. The Morgan fingerprint density at radius 1 is 0.895 bits per heavy atom. The fraction of sp³-hybridized carbons (Fsp3) is 0.259. The Kier molecular flexibility index (Phi) is 7.22. The van der Waals surface area contributed by atoms with Crippen LogP contribution < -0.4 is 10.2 Å². The minimum Gasteiger partial charge on any atom is -0.348 e. The molecule has 1 aliphatic heterocycles. The van der Waals surface area contributed by atoms with Crippen molar-refractivity contribution in [3.63, 3.8) is 0 Å². The van der Waals surface area contributed by atoms with E-state index in [4.69, 9.17) is 0 Å². The molecule has 200 valence electrons. The first kappa shape index (κ1) is 27.2. The molecule has 0 fully saturated rings. The highest BCUT2D eigenvalue weighted by atomic mass is 19.4. The van der Waals surface area contributed by atoms with Crippen molar-refractivity contribution in [1.82, 2.24) is 5.32 Å². The molecule has 0 spiro atoms. The summed E-state index contributed by atoms with van der Waals surface area (Å²) in [4.78, 5) is 27.0. The SMILES string of the molecule is CC1C(=O)N(Cc2c(F)cccc2C(F)(F)F)c2cc(C(=O)NCc3c(F)cc(F)cc3F)ccc2[C@@H]1C. The fourth-order valence-electron chi connectivity index (χ4n) is 4.47. The molecule has 0 saturated carbocycles. The monoisotopic (exact) mass is 538 g/mol. The molecular weight excluding hydrogens is 517 g/mol. The van der Waals surface area contributed by atoms with Crippen LogP contribution in [0.3, 0.4) is 0 Å². The Morgan fingerprint density at radius 2 is 1.55 bits per heavy atom. The molecule has 1 N–H and O–H groups in total. The topological polar surface area (TPSA) is 49.4 Å². The van der Waals surface area contributed by atoms with Gasteiger partial charge in [-0.15, -0.1) is 0 Å². The molecule has 2 amide bonds. The van der Waals surface area contributed by atoms with Crippen LogP contribution in [0, 0.1) is 29.2 Å². The molecule has 0 aromatic heterocycles. The van der Waals surface area contributed by atoms with E-state index in [9.17, 15) is 40.3 Å². The van der Waals surface area contributed by atoms with Crippen molar-refractivity contribution >= 4 is 17.5 Å². The van der Waals surface area contributed by atoms with E-state index in [0.29, 0.717) is 17.7 Å². The minimum absolute atomic E-state index is 0.0594. The number of fused-ring (bicyclic) bond motifs is 1. The maximum Gasteiger partial charge on any atom is 0.416 e. The second-order valence-corrected chi connectivity index (χ2v) is 9.07. The molecule has 11 heteroatoms. The number of carbonyl (C=O) groups is 2. The number of nitrogens with one attached hydrogen (secondary N) is 1. The highest BCUT2D eigenvalue weighted by Gasteiger charge is 2.39. The molecule has 1 aliphatic rings. The van der Waals surface area contributed by atoms with Gasteiger partial charge in [-0.25, -0.2) is 17.6 Å². The zero-order chi connectivity index (χ0) is 27.9. The lowest BCUT2D eigenvalue weighted by Gasteiger charge is -2.37.